The molecule has 3 aromatic rings. The van der Waals surface area contributed by atoms with Crippen molar-refractivity contribution in [2.45, 2.75) is 26.6 Å². The van der Waals surface area contributed by atoms with E-state index in [4.69, 9.17) is 11.6 Å². The van der Waals surface area contributed by atoms with Crippen molar-refractivity contribution in [1.82, 2.24) is 24.8 Å². The minimum absolute atomic E-state index is 0.117. The molecule has 0 saturated heterocycles. The molecule has 2 N–H and O–H groups in total. The van der Waals surface area contributed by atoms with E-state index in [1.165, 1.54) is 4.90 Å². The Morgan fingerprint density at radius 2 is 2.25 bits per heavy atom. The third kappa shape index (κ3) is 3.14. The molecule has 146 valence electrons. The Morgan fingerprint density at radius 3 is 2.96 bits per heavy atom. The number of imidazole rings is 1. The molecule has 3 amide bonds. The maximum Gasteiger partial charge on any atom is 0.332 e. The van der Waals surface area contributed by atoms with Gasteiger partial charge in [-0.3, -0.25) is 14.6 Å². The van der Waals surface area contributed by atoms with Crippen LogP contribution in [0.1, 0.15) is 17.2 Å². The van der Waals surface area contributed by atoms with Crippen LogP contribution in [0.25, 0.3) is 10.9 Å². The zero-order valence-electron chi connectivity index (χ0n) is 15.7. The number of carbonyl (C=O) groups excluding carboxylic acids is 2. The monoisotopic (exact) mass is 400 g/mol. The number of benzene rings is 1. The molecule has 1 aliphatic rings. The number of amides is 3. The Morgan fingerprint density at radius 1 is 1.43 bits per heavy atom. The molecule has 0 aliphatic carbocycles. The Kier molecular flexibility index (Phi) is 4.82. The summed E-state index contributed by atoms with van der Waals surface area (Å²) in [4.78, 5) is 34.9. The van der Waals surface area contributed by atoms with E-state index in [0.29, 0.717) is 23.8 Å². The van der Waals surface area contributed by atoms with Crippen LogP contribution < -0.4 is 10.2 Å². The van der Waals surface area contributed by atoms with Crippen molar-refractivity contribution in [3.8, 4) is 0 Å². The molecule has 2 aromatic heterocycles. The first kappa shape index (κ1) is 18.5. The maximum atomic E-state index is 12.9. The number of aromatic nitrogens is 3. The minimum Gasteiger partial charge on any atom is -0.357 e. The first-order valence-electron chi connectivity index (χ1n) is 9.02. The highest BCUT2D eigenvalue weighted by molar-refractivity contribution is 6.35. The molecule has 0 atom stereocenters. The number of imide groups is 1. The van der Waals surface area contributed by atoms with Crippen LogP contribution in [0.4, 0.5) is 10.6 Å². The molecule has 0 bridgehead atoms. The third-order valence-electron chi connectivity index (χ3n) is 5.06. The van der Waals surface area contributed by atoms with Crippen molar-refractivity contribution in [2.75, 3.05) is 18.5 Å². The van der Waals surface area contributed by atoms with Gasteiger partial charge in [-0.25, -0.2) is 9.78 Å². The van der Waals surface area contributed by atoms with Crippen LogP contribution in [0.15, 0.2) is 24.3 Å². The Hall–Kier alpha value is -2.84. The fourth-order valence-corrected chi connectivity index (χ4v) is 3.83. The molecular weight excluding hydrogens is 380 g/mol. The summed E-state index contributed by atoms with van der Waals surface area (Å²) in [5.74, 6) is 1.46. The first-order chi connectivity index (χ1) is 13.5. The predicted octanol–water partition coefficient (Wildman–Crippen LogP) is 2.64. The largest absolute Gasteiger partial charge is 0.357 e. The van der Waals surface area contributed by atoms with Crippen molar-refractivity contribution in [3.63, 3.8) is 0 Å². The zero-order valence-corrected chi connectivity index (χ0v) is 16.5. The molecule has 4 rings (SSSR count). The molecule has 0 radical (unpaired) electrons. The van der Waals surface area contributed by atoms with E-state index in [1.54, 1.807) is 13.1 Å². The van der Waals surface area contributed by atoms with E-state index >= 15 is 0 Å². The lowest BCUT2D eigenvalue weighted by atomic mass is 10.2. The van der Waals surface area contributed by atoms with Gasteiger partial charge in [-0.05, 0) is 25.1 Å². The Bertz CT molecular complexity index is 1060. The van der Waals surface area contributed by atoms with Crippen LogP contribution in [0, 0.1) is 6.92 Å². The molecule has 3 heterocycles. The lowest BCUT2D eigenvalue weighted by Crippen LogP contribution is -2.40. The van der Waals surface area contributed by atoms with Crippen LogP contribution in [0.3, 0.4) is 0 Å². The normalized spacial score (nSPS) is 13.4. The SMILES string of the molecule is Cc1c(N(C)C(=O)N(C=O)Cc2cc3c(Cl)cccc3[nH]2)nc2n1CCNC2. The Balaban J connectivity index is 1.57. The van der Waals surface area contributed by atoms with Crippen LogP contribution in [0.2, 0.25) is 5.02 Å². The molecule has 0 saturated carbocycles. The second-order valence-corrected chi connectivity index (χ2v) is 7.24. The van der Waals surface area contributed by atoms with Gasteiger partial charge in [0, 0.05) is 41.8 Å². The van der Waals surface area contributed by atoms with Gasteiger partial charge in [-0.1, -0.05) is 17.7 Å². The lowest BCUT2D eigenvalue weighted by molar-refractivity contribution is -0.116. The van der Waals surface area contributed by atoms with Crippen LogP contribution >= 0.6 is 11.6 Å². The average molecular weight is 401 g/mol. The predicted molar refractivity (Wildman–Crippen MR) is 107 cm³/mol. The summed E-state index contributed by atoms with van der Waals surface area (Å²) < 4.78 is 2.10. The van der Waals surface area contributed by atoms with Crippen molar-refractivity contribution >= 4 is 40.8 Å². The molecule has 1 aliphatic heterocycles. The fourth-order valence-electron chi connectivity index (χ4n) is 3.60. The molecule has 0 spiro atoms. The quantitative estimate of drug-likeness (QED) is 0.659. The number of hydrogen-bond acceptors (Lipinski definition) is 4. The number of urea groups is 1. The van der Waals surface area contributed by atoms with Gasteiger partial charge < -0.3 is 14.9 Å². The molecule has 0 unspecified atom stereocenters. The minimum atomic E-state index is -0.439. The number of nitrogens with one attached hydrogen (secondary N) is 2. The molecule has 1 aromatic carbocycles. The maximum absolute atomic E-state index is 12.9. The second kappa shape index (κ2) is 7.29. The summed E-state index contributed by atoms with van der Waals surface area (Å²) in [5.41, 5.74) is 2.50. The van der Waals surface area contributed by atoms with Crippen molar-refractivity contribution in [3.05, 3.63) is 46.5 Å². The summed E-state index contributed by atoms with van der Waals surface area (Å²) in [6.45, 7) is 4.39. The summed E-state index contributed by atoms with van der Waals surface area (Å²) in [7, 11) is 1.63. The molecular formula is C19H21ClN6O2. The molecule has 9 heteroatoms. The van der Waals surface area contributed by atoms with Crippen LogP contribution in [-0.2, 0) is 24.4 Å². The van der Waals surface area contributed by atoms with E-state index in [2.05, 4.69) is 19.9 Å². The fraction of sp³-hybridized carbons (Fsp3) is 0.316. The van der Waals surface area contributed by atoms with Gasteiger partial charge in [0.2, 0.25) is 6.41 Å². The Labute approximate surface area is 167 Å². The lowest BCUT2D eigenvalue weighted by Gasteiger charge is -2.22. The summed E-state index contributed by atoms with van der Waals surface area (Å²) >= 11 is 6.21. The van der Waals surface area contributed by atoms with Gasteiger partial charge in [0.15, 0.2) is 5.82 Å². The standard InChI is InChI=1S/C19H21ClN6O2/c1-12-18(23-17-9-21-6-7-26(12)17)24(2)19(28)25(11-27)10-13-8-14-15(20)4-3-5-16(14)22-13/h3-5,8,11,21-22H,6-7,9-10H2,1-2H3. The highest BCUT2D eigenvalue weighted by Gasteiger charge is 2.26. The van der Waals surface area contributed by atoms with Crippen molar-refractivity contribution in [1.29, 1.82) is 0 Å². The van der Waals surface area contributed by atoms with Gasteiger partial charge in [0.1, 0.15) is 5.82 Å². The number of carbonyl (C=O) groups is 2. The van der Waals surface area contributed by atoms with Gasteiger partial charge in [0.05, 0.1) is 18.8 Å². The zero-order chi connectivity index (χ0) is 19.8. The molecule has 0 fully saturated rings. The smallest absolute Gasteiger partial charge is 0.332 e. The van der Waals surface area contributed by atoms with E-state index in [-0.39, 0.29) is 6.54 Å². The van der Waals surface area contributed by atoms with E-state index < -0.39 is 6.03 Å². The number of hydrogen-bond donors (Lipinski definition) is 2. The second-order valence-electron chi connectivity index (χ2n) is 6.84. The number of aromatic amines is 1. The highest BCUT2D eigenvalue weighted by atomic mass is 35.5. The summed E-state index contributed by atoms with van der Waals surface area (Å²) in [5, 5.41) is 4.74. The average Bonchev–Trinajstić information content (AvgIpc) is 3.27. The van der Waals surface area contributed by atoms with Gasteiger partial charge in [-0.15, -0.1) is 0 Å². The summed E-state index contributed by atoms with van der Waals surface area (Å²) in [6.07, 6.45) is 0.541. The number of H-pyrrole nitrogens is 1. The van der Waals surface area contributed by atoms with Crippen molar-refractivity contribution in [2.24, 2.45) is 0 Å². The molecule has 28 heavy (non-hydrogen) atoms. The van der Waals surface area contributed by atoms with E-state index in [1.807, 2.05) is 25.1 Å². The number of anilines is 1. The van der Waals surface area contributed by atoms with E-state index in [9.17, 15) is 9.59 Å². The first-order valence-corrected chi connectivity index (χ1v) is 9.40. The number of nitrogens with zero attached hydrogens (tertiary/aromatic N) is 4. The van der Waals surface area contributed by atoms with Gasteiger partial charge >= 0.3 is 6.03 Å². The third-order valence-corrected chi connectivity index (χ3v) is 5.38. The number of halogens is 1. The topological polar surface area (TPSA) is 86.3 Å². The van der Waals surface area contributed by atoms with Gasteiger partial charge in [-0.2, -0.15) is 0 Å². The van der Waals surface area contributed by atoms with Gasteiger partial charge in [0.25, 0.3) is 0 Å². The van der Waals surface area contributed by atoms with Crippen LogP contribution in [0.5, 0.6) is 0 Å². The van der Waals surface area contributed by atoms with E-state index in [0.717, 1.165) is 46.1 Å². The molecule has 8 nitrogen and oxygen atoms in total. The number of fused-ring (bicyclic) bond motifs is 2. The summed E-state index contributed by atoms with van der Waals surface area (Å²) in [6, 6.07) is 6.96. The van der Waals surface area contributed by atoms with Crippen molar-refractivity contribution < 1.29 is 9.59 Å². The van der Waals surface area contributed by atoms with Crippen LogP contribution in [-0.4, -0.2) is 45.5 Å². The number of rotatable bonds is 4. The highest BCUT2D eigenvalue weighted by Crippen LogP contribution is 2.25.